The molecule has 39 heavy (non-hydrogen) atoms. The second kappa shape index (κ2) is 10.3. The first kappa shape index (κ1) is 25.5. The van der Waals surface area contributed by atoms with Gasteiger partial charge in [0, 0.05) is 30.1 Å². The van der Waals surface area contributed by atoms with Crippen molar-refractivity contribution in [3.8, 4) is 17.0 Å². The van der Waals surface area contributed by atoms with Crippen LogP contribution in [0.2, 0.25) is 0 Å². The highest BCUT2D eigenvalue weighted by atomic mass is 19.1. The number of carbonyl (C=O) groups excluding carboxylic acids is 2. The van der Waals surface area contributed by atoms with Crippen molar-refractivity contribution in [3.63, 3.8) is 0 Å². The lowest BCUT2D eigenvalue weighted by Gasteiger charge is -2.24. The molecule has 0 saturated heterocycles. The number of nitrogens with zero attached hydrogens (tertiary/aromatic N) is 3. The zero-order valence-corrected chi connectivity index (χ0v) is 21.1. The number of Topliss-reactive ketones (excluding diaryl/α,β-unsaturated/α-hetero) is 1. The van der Waals surface area contributed by atoms with Crippen LogP contribution in [0.25, 0.3) is 11.3 Å². The molecule has 5 rings (SSSR count). The van der Waals surface area contributed by atoms with Crippen LogP contribution in [-0.2, 0) is 13.6 Å². The molecule has 0 aliphatic carbocycles. The third-order valence-corrected chi connectivity index (χ3v) is 6.47. The van der Waals surface area contributed by atoms with Gasteiger partial charge in [-0.2, -0.15) is 0 Å². The summed E-state index contributed by atoms with van der Waals surface area (Å²) in [6, 6.07) is 16.5. The molecule has 0 spiro atoms. The Morgan fingerprint density at radius 1 is 1.08 bits per heavy atom. The minimum Gasteiger partial charge on any atom is -0.494 e. The van der Waals surface area contributed by atoms with Crippen LogP contribution in [0.3, 0.4) is 0 Å². The second-order valence-corrected chi connectivity index (χ2v) is 8.89. The molecule has 0 atom stereocenters. The smallest absolute Gasteiger partial charge is 0.408 e. The summed E-state index contributed by atoms with van der Waals surface area (Å²) in [6.07, 6.45) is 0.321. The number of carbonyl (C=O) groups is 3. The van der Waals surface area contributed by atoms with Crippen molar-refractivity contribution in [2.24, 2.45) is 7.05 Å². The number of anilines is 3. The van der Waals surface area contributed by atoms with E-state index in [2.05, 4.69) is 15.6 Å². The van der Waals surface area contributed by atoms with Crippen LogP contribution < -0.4 is 15.4 Å². The lowest BCUT2D eigenvalue weighted by Crippen LogP contribution is -2.39. The number of rotatable bonds is 6. The topological polar surface area (TPSA) is 126 Å². The molecule has 198 valence electrons. The highest BCUT2D eigenvalue weighted by Gasteiger charge is 2.34. The average molecular weight is 530 g/mol. The summed E-state index contributed by atoms with van der Waals surface area (Å²) < 4.78 is 20.8. The van der Waals surface area contributed by atoms with Gasteiger partial charge in [0.05, 0.1) is 42.8 Å². The number of ether oxygens (including phenoxy) is 1. The molecule has 10 nitrogen and oxygen atoms in total. The molecule has 0 saturated carbocycles. The van der Waals surface area contributed by atoms with Gasteiger partial charge in [-0.25, -0.2) is 14.2 Å². The zero-order valence-electron chi connectivity index (χ0n) is 21.1. The molecular formula is C28H24FN5O5. The maximum absolute atomic E-state index is 14.1. The van der Waals surface area contributed by atoms with E-state index in [0.29, 0.717) is 28.2 Å². The number of pyridine rings is 1. The molecule has 1 aliphatic heterocycles. The molecule has 2 amide bonds. The average Bonchev–Trinajstić information content (AvgIpc) is 3.20. The van der Waals surface area contributed by atoms with Crippen molar-refractivity contribution in [1.29, 1.82) is 0 Å². The number of halogens is 1. The zero-order chi connectivity index (χ0) is 27.7. The van der Waals surface area contributed by atoms with Gasteiger partial charge >= 0.3 is 6.09 Å². The third-order valence-electron chi connectivity index (χ3n) is 6.47. The Morgan fingerprint density at radius 3 is 2.54 bits per heavy atom. The van der Waals surface area contributed by atoms with Crippen molar-refractivity contribution in [2.45, 2.75) is 6.54 Å². The number of hydrogen-bond donors (Lipinski definition) is 3. The van der Waals surface area contributed by atoms with Gasteiger partial charge in [-0.15, -0.1) is 0 Å². The number of methoxy groups -OCH3 is 1. The van der Waals surface area contributed by atoms with Crippen molar-refractivity contribution >= 4 is 35.0 Å². The van der Waals surface area contributed by atoms with E-state index in [1.165, 1.54) is 25.4 Å². The molecule has 1 aliphatic rings. The fourth-order valence-corrected chi connectivity index (χ4v) is 4.61. The summed E-state index contributed by atoms with van der Waals surface area (Å²) in [7, 11) is 3.09. The largest absolute Gasteiger partial charge is 0.494 e. The van der Waals surface area contributed by atoms with E-state index < -0.39 is 17.8 Å². The lowest BCUT2D eigenvalue weighted by molar-refractivity contribution is 0.0871. The summed E-state index contributed by atoms with van der Waals surface area (Å²) in [6.45, 7) is -0.223. The molecule has 3 heterocycles. The molecule has 0 unspecified atom stereocenters. The Hall–Kier alpha value is -5.19. The van der Waals surface area contributed by atoms with Crippen LogP contribution in [-0.4, -0.2) is 51.0 Å². The van der Waals surface area contributed by atoms with E-state index in [9.17, 15) is 23.9 Å². The number of amides is 2. The number of benzene rings is 2. The predicted octanol–water partition coefficient (Wildman–Crippen LogP) is 4.91. The predicted molar refractivity (Wildman–Crippen MR) is 142 cm³/mol. The Morgan fingerprint density at radius 2 is 1.85 bits per heavy atom. The van der Waals surface area contributed by atoms with Crippen LogP contribution >= 0.6 is 0 Å². The standard InChI is InChI=1S/C28H24FN5O5/c1-33-20-14-34(28(37)38)15-21(35)24(20)25(31-18-6-4-3-5-7-18)26(33)16-10-11-30-23(13-16)32-27(36)17-8-9-22(39-2)19(29)12-17/h3-13,31H,14-15H2,1-2H3,(H,37,38)(H,30,32,36). The monoisotopic (exact) mass is 529 g/mol. The summed E-state index contributed by atoms with van der Waals surface area (Å²) in [5.41, 5.74) is 3.52. The summed E-state index contributed by atoms with van der Waals surface area (Å²) in [5, 5.41) is 15.5. The number of para-hydroxylation sites is 1. The summed E-state index contributed by atoms with van der Waals surface area (Å²) in [5.74, 6) is -1.34. The number of ketones is 1. The van der Waals surface area contributed by atoms with Crippen LogP contribution in [0.15, 0.2) is 66.9 Å². The van der Waals surface area contributed by atoms with Crippen molar-refractivity contribution in [2.75, 3.05) is 24.3 Å². The maximum Gasteiger partial charge on any atom is 0.408 e. The normalized spacial score (nSPS) is 12.6. The van der Waals surface area contributed by atoms with Gasteiger partial charge in [-0.05, 0) is 42.5 Å². The Bertz CT molecular complexity index is 1600. The van der Waals surface area contributed by atoms with E-state index >= 15 is 0 Å². The number of fused-ring (bicyclic) bond motifs is 1. The quantitative estimate of drug-likeness (QED) is 0.324. The van der Waals surface area contributed by atoms with E-state index in [4.69, 9.17) is 4.74 Å². The van der Waals surface area contributed by atoms with Crippen molar-refractivity contribution in [1.82, 2.24) is 14.5 Å². The summed E-state index contributed by atoms with van der Waals surface area (Å²) >= 11 is 0. The molecule has 0 fully saturated rings. The van der Waals surface area contributed by atoms with Crippen LogP contribution in [0.4, 0.5) is 26.4 Å². The highest BCUT2D eigenvalue weighted by Crippen LogP contribution is 2.40. The third kappa shape index (κ3) is 4.89. The number of carboxylic acid groups (broad SMARTS) is 1. The van der Waals surface area contributed by atoms with E-state index in [1.54, 1.807) is 23.7 Å². The molecule has 4 aromatic rings. The minimum atomic E-state index is -1.18. The van der Waals surface area contributed by atoms with Gasteiger partial charge in [0.1, 0.15) is 5.82 Å². The summed E-state index contributed by atoms with van der Waals surface area (Å²) in [4.78, 5) is 42.9. The Kier molecular flexibility index (Phi) is 6.72. The number of aromatic nitrogens is 2. The Balaban J connectivity index is 1.55. The number of hydrogen-bond acceptors (Lipinski definition) is 6. The lowest BCUT2D eigenvalue weighted by atomic mass is 10.0. The highest BCUT2D eigenvalue weighted by molar-refractivity contribution is 6.09. The Labute approximate surface area is 222 Å². The van der Waals surface area contributed by atoms with Gasteiger partial charge in [0.25, 0.3) is 5.91 Å². The van der Waals surface area contributed by atoms with Gasteiger partial charge < -0.3 is 25.0 Å². The molecule has 3 N–H and O–H groups in total. The first-order valence-corrected chi connectivity index (χ1v) is 11.9. The molecule has 11 heteroatoms. The first-order valence-electron chi connectivity index (χ1n) is 11.9. The van der Waals surface area contributed by atoms with Crippen molar-refractivity contribution < 1.29 is 28.6 Å². The fraction of sp³-hybridized carbons (Fsp3) is 0.143. The van der Waals surface area contributed by atoms with E-state index in [0.717, 1.165) is 16.7 Å². The SMILES string of the molecule is COc1ccc(C(=O)Nc2cc(-c3c(Nc4ccccc4)c4c(n3C)CN(C(=O)O)CC4=O)ccn2)cc1F. The minimum absolute atomic E-state index is 0.0220. The maximum atomic E-state index is 14.1. The molecule has 0 bridgehead atoms. The number of nitrogens with one attached hydrogen (secondary N) is 2. The van der Waals surface area contributed by atoms with Crippen LogP contribution in [0.5, 0.6) is 5.75 Å². The van der Waals surface area contributed by atoms with Crippen LogP contribution in [0.1, 0.15) is 26.4 Å². The molecule has 2 aromatic carbocycles. The van der Waals surface area contributed by atoms with Crippen molar-refractivity contribution in [3.05, 3.63) is 89.5 Å². The van der Waals surface area contributed by atoms with Gasteiger partial charge in [0.2, 0.25) is 0 Å². The van der Waals surface area contributed by atoms with Gasteiger partial charge in [-0.3, -0.25) is 14.5 Å². The van der Waals surface area contributed by atoms with Gasteiger partial charge in [-0.1, -0.05) is 18.2 Å². The van der Waals surface area contributed by atoms with E-state index in [-0.39, 0.29) is 36.0 Å². The first-order chi connectivity index (χ1) is 18.8. The second-order valence-electron chi connectivity index (χ2n) is 8.89. The molecule has 0 radical (unpaired) electrons. The molecular weight excluding hydrogens is 505 g/mol. The van der Waals surface area contributed by atoms with E-state index in [1.807, 2.05) is 30.3 Å². The molecule has 2 aromatic heterocycles. The fourth-order valence-electron chi connectivity index (χ4n) is 4.61. The van der Waals surface area contributed by atoms with Crippen LogP contribution in [0, 0.1) is 5.82 Å². The van der Waals surface area contributed by atoms with Gasteiger partial charge in [0.15, 0.2) is 17.3 Å².